The lowest BCUT2D eigenvalue weighted by atomic mass is 10.1. The second-order valence-electron chi connectivity index (χ2n) is 2.89. The van der Waals surface area contributed by atoms with Crippen LogP contribution in [0.1, 0.15) is 17.6 Å². The van der Waals surface area contributed by atoms with Crippen molar-refractivity contribution in [2.45, 2.75) is 12.8 Å². The molecule has 0 saturated carbocycles. The number of hydrogen-bond acceptors (Lipinski definition) is 1. The van der Waals surface area contributed by atoms with Crippen molar-refractivity contribution < 1.29 is 8.78 Å². The molecule has 0 spiro atoms. The van der Waals surface area contributed by atoms with Crippen LogP contribution in [-0.4, -0.2) is 6.54 Å². The summed E-state index contributed by atoms with van der Waals surface area (Å²) in [5, 5.41) is 3.12. The number of nitrogens with one attached hydrogen (secondary N) is 1. The molecule has 0 fully saturated rings. The lowest BCUT2D eigenvalue weighted by Crippen LogP contribution is -1.90. The van der Waals surface area contributed by atoms with Gasteiger partial charge in [-0.3, -0.25) is 0 Å². The molecule has 1 N–H and O–H groups in total. The molecule has 0 radical (unpaired) electrons. The second-order valence-corrected chi connectivity index (χ2v) is 2.89. The van der Waals surface area contributed by atoms with Gasteiger partial charge in [0, 0.05) is 17.8 Å². The van der Waals surface area contributed by atoms with Gasteiger partial charge in [0.25, 0.3) is 6.43 Å². The molecule has 0 atom stereocenters. The minimum atomic E-state index is -2.35. The Labute approximate surface area is 69.4 Å². The molecular formula is C9H9F2N. The highest BCUT2D eigenvalue weighted by Gasteiger charge is 2.13. The van der Waals surface area contributed by atoms with E-state index in [-0.39, 0.29) is 5.56 Å². The van der Waals surface area contributed by atoms with Crippen LogP contribution >= 0.6 is 0 Å². The maximum absolute atomic E-state index is 12.2. The summed E-state index contributed by atoms with van der Waals surface area (Å²) in [4.78, 5) is 0. The smallest absolute Gasteiger partial charge is 0.263 e. The van der Waals surface area contributed by atoms with Crippen molar-refractivity contribution >= 4 is 5.69 Å². The Morgan fingerprint density at radius 3 is 2.92 bits per heavy atom. The molecule has 0 amide bonds. The number of alkyl halides is 2. The zero-order valence-electron chi connectivity index (χ0n) is 6.48. The van der Waals surface area contributed by atoms with E-state index in [1.165, 1.54) is 6.07 Å². The topological polar surface area (TPSA) is 12.0 Å². The number of benzene rings is 1. The first-order valence-electron chi connectivity index (χ1n) is 3.92. The van der Waals surface area contributed by atoms with Gasteiger partial charge in [-0.05, 0) is 24.1 Å². The van der Waals surface area contributed by atoms with Gasteiger partial charge >= 0.3 is 0 Å². The zero-order valence-corrected chi connectivity index (χ0v) is 6.48. The third-order valence-corrected chi connectivity index (χ3v) is 2.09. The molecule has 1 aromatic rings. The highest BCUT2D eigenvalue weighted by atomic mass is 19.3. The van der Waals surface area contributed by atoms with Gasteiger partial charge in [0.15, 0.2) is 0 Å². The van der Waals surface area contributed by atoms with Crippen LogP contribution < -0.4 is 5.32 Å². The number of hydrogen-bond donors (Lipinski definition) is 1. The third-order valence-electron chi connectivity index (χ3n) is 2.09. The molecule has 0 saturated heterocycles. The van der Waals surface area contributed by atoms with Crippen molar-refractivity contribution in [1.29, 1.82) is 0 Å². The van der Waals surface area contributed by atoms with Crippen LogP contribution in [0.25, 0.3) is 0 Å². The van der Waals surface area contributed by atoms with Crippen molar-refractivity contribution in [2.75, 3.05) is 11.9 Å². The predicted octanol–water partition coefficient (Wildman–Crippen LogP) is 2.59. The van der Waals surface area contributed by atoms with Gasteiger partial charge < -0.3 is 5.32 Å². The number of rotatable bonds is 1. The van der Waals surface area contributed by atoms with E-state index in [1.807, 2.05) is 0 Å². The van der Waals surface area contributed by atoms with Gasteiger partial charge in [-0.25, -0.2) is 8.78 Å². The van der Waals surface area contributed by atoms with Gasteiger partial charge in [0.1, 0.15) is 0 Å². The molecule has 64 valence electrons. The summed E-state index contributed by atoms with van der Waals surface area (Å²) < 4.78 is 24.4. The normalized spacial score (nSPS) is 14.6. The van der Waals surface area contributed by atoms with Crippen molar-refractivity contribution in [1.82, 2.24) is 0 Å². The van der Waals surface area contributed by atoms with Gasteiger partial charge in [-0.2, -0.15) is 0 Å². The molecule has 0 aromatic heterocycles. The Morgan fingerprint density at radius 2 is 2.17 bits per heavy atom. The molecule has 0 unspecified atom stereocenters. The summed E-state index contributed by atoms with van der Waals surface area (Å²) in [6.45, 7) is 0.863. The Hall–Kier alpha value is -1.12. The SMILES string of the molecule is FC(F)c1ccc2c(c1)CCN2. The summed E-state index contributed by atoms with van der Waals surface area (Å²) in [7, 11) is 0. The first-order valence-corrected chi connectivity index (χ1v) is 3.92. The van der Waals surface area contributed by atoms with Crippen LogP contribution in [0.15, 0.2) is 18.2 Å². The summed E-state index contributed by atoms with van der Waals surface area (Å²) in [6.07, 6.45) is -1.49. The molecule has 2 rings (SSSR count). The highest BCUT2D eigenvalue weighted by molar-refractivity contribution is 5.56. The molecule has 0 aliphatic carbocycles. The van der Waals surface area contributed by atoms with Gasteiger partial charge in [-0.15, -0.1) is 0 Å². The fraction of sp³-hybridized carbons (Fsp3) is 0.333. The summed E-state index contributed by atoms with van der Waals surface area (Å²) in [6, 6.07) is 4.78. The lowest BCUT2D eigenvalue weighted by molar-refractivity contribution is 0.151. The number of anilines is 1. The Balaban J connectivity index is 2.39. The van der Waals surface area contributed by atoms with E-state index in [0.717, 1.165) is 24.2 Å². The third kappa shape index (κ3) is 1.15. The summed E-state index contributed by atoms with van der Waals surface area (Å²) in [5.74, 6) is 0. The van der Waals surface area contributed by atoms with Crippen LogP contribution in [0.5, 0.6) is 0 Å². The van der Waals surface area contributed by atoms with Crippen LogP contribution in [0.2, 0.25) is 0 Å². The van der Waals surface area contributed by atoms with Crippen LogP contribution in [0, 0.1) is 0 Å². The standard InChI is InChI=1S/C9H9F2N/c10-9(11)7-1-2-8-6(5-7)3-4-12-8/h1-2,5,9,12H,3-4H2. The van der Waals surface area contributed by atoms with E-state index in [4.69, 9.17) is 0 Å². The van der Waals surface area contributed by atoms with E-state index >= 15 is 0 Å². The minimum absolute atomic E-state index is 0.123. The molecule has 0 bridgehead atoms. The number of fused-ring (bicyclic) bond motifs is 1. The average Bonchev–Trinajstić information content (AvgIpc) is 2.49. The fourth-order valence-corrected chi connectivity index (χ4v) is 1.46. The van der Waals surface area contributed by atoms with Crippen molar-refractivity contribution in [3.63, 3.8) is 0 Å². The summed E-state index contributed by atoms with van der Waals surface area (Å²) in [5.41, 5.74) is 2.13. The average molecular weight is 169 g/mol. The molecule has 12 heavy (non-hydrogen) atoms. The van der Waals surface area contributed by atoms with Crippen molar-refractivity contribution in [2.24, 2.45) is 0 Å². The van der Waals surface area contributed by atoms with Crippen LogP contribution in [-0.2, 0) is 6.42 Å². The Bertz CT molecular complexity index is 297. The second kappa shape index (κ2) is 2.73. The van der Waals surface area contributed by atoms with Crippen molar-refractivity contribution in [3.8, 4) is 0 Å². The highest BCUT2D eigenvalue weighted by Crippen LogP contribution is 2.27. The largest absolute Gasteiger partial charge is 0.384 e. The van der Waals surface area contributed by atoms with Crippen LogP contribution in [0.4, 0.5) is 14.5 Å². The fourth-order valence-electron chi connectivity index (χ4n) is 1.46. The van der Waals surface area contributed by atoms with Gasteiger partial charge in [0.2, 0.25) is 0 Å². The first-order chi connectivity index (χ1) is 5.77. The molecule has 1 heterocycles. The zero-order chi connectivity index (χ0) is 8.55. The van der Waals surface area contributed by atoms with Crippen molar-refractivity contribution in [3.05, 3.63) is 29.3 Å². The maximum Gasteiger partial charge on any atom is 0.263 e. The number of halogens is 2. The molecular weight excluding hydrogens is 160 g/mol. The molecule has 1 nitrogen and oxygen atoms in total. The molecule has 1 aromatic carbocycles. The molecule has 1 aliphatic heterocycles. The van der Waals surface area contributed by atoms with E-state index in [1.54, 1.807) is 12.1 Å². The van der Waals surface area contributed by atoms with Gasteiger partial charge in [0.05, 0.1) is 0 Å². The quantitative estimate of drug-likeness (QED) is 0.681. The Kier molecular flexibility index (Phi) is 1.71. The maximum atomic E-state index is 12.2. The van der Waals surface area contributed by atoms with Gasteiger partial charge in [-0.1, -0.05) is 6.07 Å². The molecule has 3 heteroatoms. The van der Waals surface area contributed by atoms with Crippen LogP contribution in [0.3, 0.4) is 0 Å². The van der Waals surface area contributed by atoms with E-state index in [9.17, 15) is 8.78 Å². The summed E-state index contributed by atoms with van der Waals surface area (Å²) >= 11 is 0. The lowest BCUT2D eigenvalue weighted by Gasteiger charge is -2.02. The minimum Gasteiger partial charge on any atom is -0.384 e. The Morgan fingerprint density at radius 1 is 1.33 bits per heavy atom. The van der Waals surface area contributed by atoms with E-state index in [0.29, 0.717) is 0 Å². The van der Waals surface area contributed by atoms with E-state index in [2.05, 4.69) is 5.32 Å². The predicted molar refractivity (Wildman–Crippen MR) is 43.6 cm³/mol. The monoisotopic (exact) mass is 169 g/mol. The molecule has 1 aliphatic rings. The van der Waals surface area contributed by atoms with E-state index < -0.39 is 6.43 Å². The first kappa shape index (κ1) is 7.53.